The van der Waals surface area contributed by atoms with Crippen LogP contribution in [0.5, 0.6) is 0 Å². The van der Waals surface area contributed by atoms with Crippen LogP contribution in [0.3, 0.4) is 0 Å². The van der Waals surface area contributed by atoms with E-state index in [-0.39, 0.29) is 18.0 Å². The highest BCUT2D eigenvalue weighted by Gasteiger charge is 2.35. The van der Waals surface area contributed by atoms with E-state index in [0.717, 1.165) is 17.9 Å². The first kappa shape index (κ1) is 20.7. The predicted octanol–water partition coefficient (Wildman–Crippen LogP) is 1.95. The summed E-state index contributed by atoms with van der Waals surface area (Å²) in [6, 6.07) is 13.9. The Bertz CT molecular complexity index is 870. The van der Waals surface area contributed by atoms with E-state index >= 15 is 0 Å². The molecule has 0 spiro atoms. The van der Waals surface area contributed by atoms with Gasteiger partial charge in [0, 0.05) is 19.1 Å². The van der Waals surface area contributed by atoms with Crippen molar-refractivity contribution in [1.82, 2.24) is 20.4 Å². The van der Waals surface area contributed by atoms with E-state index in [1.54, 1.807) is 12.1 Å². The topological polar surface area (TPSA) is 85.2 Å². The fraction of sp³-hybridized carbons (Fsp3) is 0.455. The van der Waals surface area contributed by atoms with E-state index in [1.165, 1.54) is 5.56 Å². The Kier molecular flexibility index (Phi) is 6.45. The third-order valence-electron chi connectivity index (χ3n) is 5.40. The standard InChI is InChI=1S/C22H28N6O/c1-15(2)17-7-5-16(6-8-17)11-22(29)24-19-13-28(14-20(19)27(3)4)21-10-9-18(12-23)25-26-21/h5-10,15,19-20H,11,13-14H2,1-4H3,(H,24,29)/t19?,20-/m1/s1. The molecular formula is C22H28N6O. The lowest BCUT2D eigenvalue weighted by Gasteiger charge is -2.25. The lowest BCUT2D eigenvalue weighted by molar-refractivity contribution is -0.121. The fourth-order valence-corrected chi connectivity index (χ4v) is 3.66. The maximum absolute atomic E-state index is 12.7. The molecule has 1 amide bonds. The van der Waals surface area contributed by atoms with Gasteiger partial charge in [0.1, 0.15) is 6.07 Å². The third kappa shape index (κ3) is 5.09. The zero-order valence-electron chi connectivity index (χ0n) is 17.5. The molecule has 7 nitrogen and oxygen atoms in total. The Labute approximate surface area is 172 Å². The smallest absolute Gasteiger partial charge is 0.224 e. The quantitative estimate of drug-likeness (QED) is 0.809. The summed E-state index contributed by atoms with van der Waals surface area (Å²) in [5, 5.41) is 20.2. The second-order valence-corrected chi connectivity index (χ2v) is 8.07. The number of carbonyl (C=O) groups is 1. The Morgan fingerprint density at radius 1 is 1.21 bits per heavy atom. The SMILES string of the molecule is CC(C)c1ccc(CC(=O)NC2CN(c3ccc(C#N)nn3)C[C@H]2N(C)C)cc1. The normalized spacial score (nSPS) is 18.9. The molecule has 0 aliphatic carbocycles. The van der Waals surface area contributed by atoms with Crippen molar-refractivity contribution in [2.45, 2.75) is 38.3 Å². The Hall–Kier alpha value is -2.98. The number of hydrogen-bond acceptors (Lipinski definition) is 6. The lowest BCUT2D eigenvalue weighted by Crippen LogP contribution is -2.49. The number of nitriles is 1. The average Bonchev–Trinajstić information content (AvgIpc) is 3.12. The highest BCUT2D eigenvalue weighted by Crippen LogP contribution is 2.21. The summed E-state index contributed by atoms with van der Waals surface area (Å²) < 4.78 is 0. The number of amides is 1. The van der Waals surface area contributed by atoms with Gasteiger partial charge >= 0.3 is 0 Å². The zero-order valence-corrected chi connectivity index (χ0v) is 17.5. The summed E-state index contributed by atoms with van der Waals surface area (Å²) in [7, 11) is 4.03. The van der Waals surface area contributed by atoms with Gasteiger partial charge in [-0.25, -0.2) is 0 Å². The summed E-state index contributed by atoms with van der Waals surface area (Å²) >= 11 is 0. The first-order chi connectivity index (χ1) is 13.9. The van der Waals surface area contributed by atoms with Gasteiger partial charge in [-0.1, -0.05) is 38.1 Å². The molecule has 1 unspecified atom stereocenters. The summed E-state index contributed by atoms with van der Waals surface area (Å²) in [5.41, 5.74) is 2.59. The third-order valence-corrected chi connectivity index (χ3v) is 5.40. The molecule has 1 aromatic heterocycles. The number of benzene rings is 1. The minimum atomic E-state index is -0.00937. The maximum atomic E-state index is 12.7. The summed E-state index contributed by atoms with van der Waals surface area (Å²) in [6.45, 7) is 5.71. The van der Waals surface area contributed by atoms with Gasteiger partial charge in [0.15, 0.2) is 11.5 Å². The van der Waals surface area contributed by atoms with Crippen molar-refractivity contribution in [2.75, 3.05) is 32.1 Å². The van der Waals surface area contributed by atoms with Crippen LogP contribution >= 0.6 is 0 Å². The number of rotatable bonds is 6. The molecule has 1 N–H and O–H groups in total. The van der Waals surface area contributed by atoms with E-state index in [0.29, 0.717) is 24.6 Å². The number of hydrogen-bond donors (Lipinski definition) is 1. The van der Waals surface area contributed by atoms with Crippen molar-refractivity contribution in [3.05, 3.63) is 53.2 Å². The average molecular weight is 393 g/mol. The Morgan fingerprint density at radius 3 is 2.48 bits per heavy atom. The van der Waals surface area contributed by atoms with Crippen LogP contribution in [-0.4, -0.2) is 60.3 Å². The number of aromatic nitrogens is 2. The van der Waals surface area contributed by atoms with E-state index < -0.39 is 0 Å². The van der Waals surface area contributed by atoms with Gasteiger partial charge in [-0.2, -0.15) is 5.26 Å². The van der Waals surface area contributed by atoms with Crippen molar-refractivity contribution >= 4 is 11.7 Å². The molecule has 29 heavy (non-hydrogen) atoms. The van der Waals surface area contributed by atoms with E-state index in [9.17, 15) is 4.79 Å². The van der Waals surface area contributed by atoms with Crippen LogP contribution in [0.1, 0.15) is 36.6 Å². The van der Waals surface area contributed by atoms with Crippen LogP contribution < -0.4 is 10.2 Å². The largest absolute Gasteiger partial charge is 0.351 e. The molecule has 1 fully saturated rings. The monoisotopic (exact) mass is 392 g/mol. The first-order valence-electron chi connectivity index (χ1n) is 9.90. The number of carbonyl (C=O) groups excluding carboxylic acids is 1. The van der Waals surface area contributed by atoms with Crippen molar-refractivity contribution in [3.63, 3.8) is 0 Å². The second-order valence-electron chi connectivity index (χ2n) is 8.07. The molecule has 1 aliphatic heterocycles. The summed E-state index contributed by atoms with van der Waals surface area (Å²) in [5.74, 6) is 1.22. The molecule has 1 saturated heterocycles. The van der Waals surface area contributed by atoms with Gasteiger partial charge in [0.2, 0.25) is 5.91 Å². The van der Waals surface area contributed by atoms with Crippen LogP contribution in [0, 0.1) is 11.3 Å². The highest BCUT2D eigenvalue weighted by molar-refractivity contribution is 5.79. The van der Waals surface area contributed by atoms with Crippen LogP contribution in [0.15, 0.2) is 36.4 Å². The molecule has 1 aromatic carbocycles. The van der Waals surface area contributed by atoms with Gasteiger partial charge in [-0.05, 0) is 43.3 Å². The number of likely N-dealkylation sites (N-methyl/N-ethyl adjacent to an activating group) is 1. The minimum Gasteiger partial charge on any atom is -0.351 e. The predicted molar refractivity (Wildman–Crippen MR) is 113 cm³/mol. The number of anilines is 1. The molecule has 0 bridgehead atoms. The first-order valence-corrected chi connectivity index (χ1v) is 9.90. The molecule has 2 aromatic rings. The number of nitrogens with one attached hydrogen (secondary N) is 1. The van der Waals surface area contributed by atoms with Crippen molar-refractivity contribution in [2.24, 2.45) is 0 Å². The Morgan fingerprint density at radius 2 is 1.93 bits per heavy atom. The lowest BCUT2D eigenvalue weighted by atomic mass is 10.0. The summed E-state index contributed by atoms with van der Waals surface area (Å²) in [6.07, 6.45) is 0.367. The second kappa shape index (κ2) is 9.01. The maximum Gasteiger partial charge on any atom is 0.224 e. The molecule has 1 aliphatic rings. The van der Waals surface area contributed by atoms with Gasteiger partial charge in [0.25, 0.3) is 0 Å². The highest BCUT2D eigenvalue weighted by atomic mass is 16.1. The van der Waals surface area contributed by atoms with Crippen LogP contribution in [0.4, 0.5) is 5.82 Å². The van der Waals surface area contributed by atoms with Crippen molar-refractivity contribution in [3.8, 4) is 6.07 Å². The summed E-state index contributed by atoms with van der Waals surface area (Å²) in [4.78, 5) is 16.9. The molecule has 3 rings (SSSR count). The van der Waals surface area contributed by atoms with Crippen molar-refractivity contribution < 1.29 is 4.79 Å². The van der Waals surface area contributed by atoms with Gasteiger partial charge in [-0.15, -0.1) is 10.2 Å². The molecular weight excluding hydrogens is 364 g/mol. The molecule has 7 heteroatoms. The van der Waals surface area contributed by atoms with Gasteiger partial charge in [-0.3, -0.25) is 4.79 Å². The molecule has 0 radical (unpaired) electrons. The van der Waals surface area contributed by atoms with Crippen LogP contribution in [0.25, 0.3) is 0 Å². The molecule has 0 saturated carbocycles. The van der Waals surface area contributed by atoms with Gasteiger partial charge < -0.3 is 15.1 Å². The molecule has 152 valence electrons. The van der Waals surface area contributed by atoms with Crippen LogP contribution in [-0.2, 0) is 11.2 Å². The minimum absolute atomic E-state index is 0.00937. The molecule has 2 heterocycles. The Balaban J connectivity index is 1.64. The van der Waals surface area contributed by atoms with Gasteiger partial charge in [0.05, 0.1) is 12.5 Å². The van der Waals surface area contributed by atoms with E-state index in [2.05, 4.69) is 51.3 Å². The van der Waals surface area contributed by atoms with Crippen molar-refractivity contribution in [1.29, 1.82) is 5.26 Å². The molecule has 2 atom stereocenters. The zero-order chi connectivity index (χ0) is 21.0. The van der Waals surface area contributed by atoms with E-state index in [1.807, 2.05) is 32.3 Å². The van der Waals surface area contributed by atoms with Crippen LogP contribution in [0.2, 0.25) is 0 Å². The van der Waals surface area contributed by atoms with E-state index in [4.69, 9.17) is 5.26 Å². The number of nitrogens with zero attached hydrogens (tertiary/aromatic N) is 5. The fourth-order valence-electron chi connectivity index (χ4n) is 3.66.